The first kappa shape index (κ1) is 55.6. The van der Waals surface area contributed by atoms with Crippen molar-refractivity contribution < 1.29 is 33.8 Å². The van der Waals surface area contributed by atoms with Gasteiger partial charge in [-0.3, -0.25) is 19.4 Å². The molecular formula is C61H77N13O7S. The number of anilines is 4. The maximum atomic E-state index is 14.4. The molecule has 5 aliphatic heterocycles. The van der Waals surface area contributed by atoms with E-state index in [0.29, 0.717) is 53.4 Å². The standard InChI is InChI=1S/C61H77N13O7S/c1-37(2)57(61(78)73-35-46(75)28-52(73)60(77)65-38(3)40-9-11-41(12-10-40)58-39(4)64-36-82-58)54-32-55(68-81-54)71-19-16-42(17-20-71)70-23-21-69(22-24-70)25-26-79-47-29-48(30-47)80-56-27-43(15-18-63-56)74-44-13-14-45(74)34-72(33-44)51-31-50(66-67-59(51)62)49-7-5-6-8-53(49)76/h5-12,15,18,27,31-32,36-38,42,44-48,52,57,75-76H,13-14,16-17,19-26,28-30,33-35H2,1-4H3,(H2,62,67)(H,65,77)/t38-,44?,45?,46+,47?,48?,52-,57+/m0/s1. The number of aliphatic hydroxyl groups is 1. The number of rotatable bonds is 18. The molecule has 0 spiro atoms. The van der Waals surface area contributed by atoms with Crippen LogP contribution >= 0.6 is 11.3 Å². The summed E-state index contributed by atoms with van der Waals surface area (Å²) in [6.07, 6.45) is 7.40. The molecule has 0 radical (unpaired) electrons. The van der Waals surface area contributed by atoms with Gasteiger partial charge in [0.15, 0.2) is 17.4 Å². The summed E-state index contributed by atoms with van der Waals surface area (Å²) < 4.78 is 18.7. The Balaban J connectivity index is 0.554. The van der Waals surface area contributed by atoms with E-state index >= 15 is 0 Å². The van der Waals surface area contributed by atoms with Gasteiger partial charge in [-0.2, -0.15) is 0 Å². The lowest BCUT2D eigenvalue weighted by Gasteiger charge is -2.43. The second-order valence-corrected chi connectivity index (χ2v) is 24.5. The van der Waals surface area contributed by atoms with Crippen LogP contribution in [0, 0.1) is 12.8 Å². The number of benzene rings is 2. The zero-order valence-corrected chi connectivity index (χ0v) is 48.2. The lowest BCUT2D eigenvalue weighted by atomic mass is 9.91. The topological polar surface area (TPSA) is 228 Å². The molecule has 5 N–H and O–H groups in total. The van der Waals surface area contributed by atoms with Crippen LogP contribution in [0.4, 0.5) is 23.0 Å². The van der Waals surface area contributed by atoms with E-state index in [1.54, 1.807) is 23.5 Å². The van der Waals surface area contributed by atoms with Gasteiger partial charge in [0.25, 0.3) is 0 Å². The summed E-state index contributed by atoms with van der Waals surface area (Å²) in [6, 6.07) is 23.3. The van der Waals surface area contributed by atoms with Gasteiger partial charge in [-0.15, -0.1) is 21.5 Å². The molecule has 6 aliphatic rings. The van der Waals surface area contributed by atoms with E-state index in [1.165, 1.54) is 4.90 Å². The number of phenolic OH excluding ortho intramolecular Hbond substituents is 1. The number of piperidine rings is 1. The minimum atomic E-state index is -0.804. The van der Waals surface area contributed by atoms with Crippen LogP contribution in [0.5, 0.6) is 11.6 Å². The van der Waals surface area contributed by atoms with Gasteiger partial charge in [0.1, 0.15) is 23.8 Å². The minimum Gasteiger partial charge on any atom is -0.507 e. The molecule has 6 aromatic rings. The number of carbonyl (C=O) groups excluding carboxylic acids is 2. The number of pyridine rings is 1. The van der Waals surface area contributed by atoms with E-state index in [1.807, 2.05) is 87.9 Å². The minimum absolute atomic E-state index is 0.0828. The Hall–Kier alpha value is -6.91. The number of likely N-dealkylation sites (tertiary alicyclic amines) is 1. The zero-order valence-electron chi connectivity index (χ0n) is 47.4. The summed E-state index contributed by atoms with van der Waals surface area (Å²) in [7, 11) is 0. The number of hydrogen-bond donors (Lipinski definition) is 4. The molecule has 6 atom stereocenters. The van der Waals surface area contributed by atoms with Gasteiger partial charge < -0.3 is 54.9 Å². The smallest absolute Gasteiger partial charge is 0.243 e. The van der Waals surface area contributed by atoms with E-state index in [9.17, 15) is 19.8 Å². The van der Waals surface area contributed by atoms with Crippen molar-refractivity contribution in [3.05, 3.63) is 102 Å². The van der Waals surface area contributed by atoms with Crippen molar-refractivity contribution in [3.8, 4) is 33.3 Å². The summed E-state index contributed by atoms with van der Waals surface area (Å²) in [5.41, 5.74) is 14.5. The molecule has 1 saturated carbocycles. The van der Waals surface area contributed by atoms with Gasteiger partial charge in [0.05, 0.1) is 52.3 Å². The molecule has 21 heteroatoms. The predicted octanol–water partition coefficient (Wildman–Crippen LogP) is 6.90. The fraction of sp³-hybridized carbons (Fsp3) is 0.525. The van der Waals surface area contributed by atoms with E-state index in [4.69, 9.17) is 19.7 Å². The summed E-state index contributed by atoms with van der Waals surface area (Å²) >= 11 is 1.60. The third kappa shape index (κ3) is 11.8. The number of nitrogen functional groups attached to an aromatic ring is 1. The number of carbonyl (C=O) groups is 2. The number of ether oxygens (including phenoxy) is 2. The third-order valence-electron chi connectivity index (χ3n) is 18.0. The van der Waals surface area contributed by atoms with Crippen molar-refractivity contribution in [2.75, 3.05) is 92.5 Å². The normalized spacial score (nSPS) is 24.2. The molecule has 434 valence electrons. The zero-order chi connectivity index (χ0) is 56.6. The molecule has 12 rings (SSSR count). The van der Waals surface area contributed by atoms with Gasteiger partial charge in [-0.25, -0.2) is 9.97 Å². The summed E-state index contributed by atoms with van der Waals surface area (Å²) in [4.78, 5) is 52.1. The number of phenols is 1. The summed E-state index contributed by atoms with van der Waals surface area (Å²) in [5.74, 6) is 1.11. The Morgan fingerprint density at radius 1 is 0.841 bits per heavy atom. The van der Waals surface area contributed by atoms with Crippen molar-refractivity contribution in [2.45, 2.75) is 127 Å². The maximum Gasteiger partial charge on any atom is 0.243 e. The van der Waals surface area contributed by atoms with Crippen molar-refractivity contribution in [1.82, 2.24) is 45.3 Å². The highest BCUT2D eigenvalue weighted by Crippen LogP contribution is 2.41. The number of aliphatic hydroxyl groups excluding tert-OH is 1. The van der Waals surface area contributed by atoms with Crippen LogP contribution in [0.15, 0.2) is 89.0 Å². The number of nitrogens with zero attached hydrogens (tertiary/aromatic N) is 11. The Labute approximate surface area is 483 Å². The molecule has 6 fully saturated rings. The van der Waals surface area contributed by atoms with Crippen LogP contribution < -0.4 is 30.5 Å². The lowest BCUT2D eigenvalue weighted by molar-refractivity contribution is -0.141. The van der Waals surface area contributed by atoms with Crippen molar-refractivity contribution >= 4 is 46.2 Å². The number of amides is 2. The van der Waals surface area contributed by atoms with Crippen LogP contribution in [0.3, 0.4) is 0 Å². The molecule has 2 bridgehead atoms. The Bertz CT molecular complexity index is 3160. The average molecular weight is 1140 g/mol. The van der Waals surface area contributed by atoms with Crippen LogP contribution in [0.2, 0.25) is 0 Å². The third-order valence-corrected chi connectivity index (χ3v) is 19.0. The molecule has 20 nitrogen and oxygen atoms in total. The number of fused-ring (bicyclic) bond motifs is 2. The highest BCUT2D eigenvalue weighted by Gasteiger charge is 2.45. The average Bonchev–Trinajstić information content (AvgIpc) is 4.35. The fourth-order valence-electron chi connectivity index (χ4n) is 13.4. The van der Waals surface area contributed by atoms with Gasteiger partial charge in [-0.05, 0) is 80.8 Å². The van der Waals surface area contributed by atoms with Crippen LogP contribution in [0.1, 0.15) is 94.7 Å². The SMILES string of the molecule is Cc1ncsc1-c1ccc([C@H](C)NC(=O)[C@@H]2C[C@@H](O)CN2C(=O)[C@@H](c2cc(N3CCC(N4CCN(CCOC5CC(Oc6cc(N7C8CCC7CN(c7cc(-c9ccccc9O)nnc7N)C8)ccn6)C5)CC4)CC3)no2)C(C)C)cc1. The Morgan fingerprint density at radius 2 is 1.60 bits per heavy atom. The molecule has 82 heavy (non-hydrogen) atoms. The number of thiazole rings is 1. The molecule has 2 amide bonds. The first-order chi connectivity index (χ1) is 39.8. The molecule has 2 aromatic carbocycles. The Morgan fingerprint density at radius 3 is 2.32 bits per heavy atom. The van der Waals surface area contributed by atoms with Crippen LogP contribution in [-0.4, -0.2) is 177 Å². The van der Waals surface area contributed by atoms with Crippen LogP contribution in [0.25, 0.3) is 21.7 Å². The van der Waals surface area contributed by atoms with Crippen LogP contribution in [-0.2, 0) is 14.3 Å². The number of aromatic hydroxyl groups is 1. The number of aromatic nitrogens is 5. The first-order valence-electron chi connectivity index (χ1n) is 29.5. The van der Waals surface area contributed by atoms with Gasteiger partial charge >= 0.3 is 0 Å². The second kappa shape index (κ2) is 24.1. The number of piperazine rings is 2. The van der Waals surface area contributed by atoms with E-state index in [0.717, 1.165) is 136 Å². The molecular weight excluding hydrogens is 1060 g/mol. The summed E-state index contributed by atoms with van der Waals surface area (Å²) in [5, 5.41) is 37.4. The number of hydrogen-bond acceptors (Lipinski definition) is 19. The molecule has 1 aliphatic carbocycles. The maximum absolute atomic E-state index is 14.4. The number of β-amino-alcohol motifs (C(OH)–C–C–N with tert-alkyl or cyclic N) is 1. The van der Waals surface area contributed by atoms with Gasteiger partial charge in [0.2, 0.25) is 17.7 Å². The fourth-order valence-corrected chi connectivity index (χ4v) is 14.2. The highest BCUT2D eigenvalue weighted by atomic mass is 32.1. The number of nitrogens with two attached hydrogens (primary N) is 1. The highest BCUT2D eigenvalue weighted by molar-refractivity contribution is 7.13. The van der Waals surface area contributed by atoms with E-state index < -0.39 is 18.1 Å². The quantitative estimate of drug-likeness (QED) is 0.0686. The lowest BCUT2D eigenvalue weighted by Crippen LogP contribution is -2.54. The van der Waals surface area contributed by atoms with E-state index in [2.05, 4.69) is 67.3 Å². The molecule has 9 heterocycles. The van der Waals surface area contributed by atoms with Crippen molar-refractivity contribution in [2.24, 2.45) is 5.92 Å². The first-order valence-corrected chi connectivity index (χ1v) is 30.3. The number of para-hydroxylation sites is 1. The second-order valence-electron chi connectivity index (χ2n) is 23.7. The number of aryl methyl sites for hydroxylation is 1. The van der Waals surface area contributed by atoms with Crippen molar-refractivity contribution in [3.63, 3.8) is 0 Å². The van der Waals surface area contributed by atoms with Crippen molar-refractivity contribution in [1.29, 1.82) is 0 Å². The monoisotopic (exact) mass is 1140 g/mol. The molecule has 4 aromatic heterocycles. The number of nitrogens with one attached hydrogen (secondary N) is 1. The molecule has 2 unspecified atom stereocenters. The summed E-state index contributed by atoms with van der Waals surface area (Å²) in [6.45, 7) is 17.0. The predicted molar refractivity (Wildman–Crippen MR) is 315 cm³/mol. The van der Waals surface area contributed by atoms with Gasteiger partial charge in [0, 0.05) is 132 Å². The van der Waals surface area contributed by atoms with Gasteiger partial charge in [-0.1, -0.05) is 55.4 Å². The Kier molecular flexibility index (Phi) is 16.4. The largest absolute Gasteiger partial charge is 0.507 e. The molecule has 5 saturated heterocycles. The van der Waals surface area contributed by atoms with E-state index in [-0.39, 0.29) is 54.7 Å².